The molecule has 0 saturated heterocycles. The summed E-state index contributed by atoms with van der Waals surface area (Å²) in [4.78, 5) is 60.7. The Balaban J connectivity index is 5.01. The normalized spacial score (nSPS) is 15.3. The molecule has 33 heavy (non-hydrogen) atoms. The average Bonchev–Trinajstić information content (AvgIpc) is 2.77. The summed E-state index contributed by atoms with van der Waals surface area (Å²) < 4.78 is 0. The maximum absolute atomic E-state index is 12.7. The van der Waals surface area contributed by atoms with Crippen LogP contribution in [-0.4, -0.2) is 94.7 Å². The number of carbonyl (C=O) groups is 5. The summed E-state index contributed by atoms with van der Waals surface area (Å²) in [7, 11) is 0. The number of carboxylic acid groups (broad SMARTS) is 1. The first-order chi connectivity index (χ1) is 15.5. The zero-order chi connectivity index (χ0) is 25.6. The van der Waals surface area contributed by atoms with Crippen LogP contribution in [-0.2, 0) is 24.0 Å². The van der Waals surface area contributed by atoms with Crippen molar-refractivity contribution in [3.8, 4) is 0 Å². The molecular formula is C19H35N5O6S3. The van der Waals surface area contributed by atoms with Gasteiger partial charge in [0.1, 0.15) is 24.2 Å². The van der Waals surface area contributed by atoms with Crippen LogP contribution >= 0.6 is 36.2 Å². The Morgan fingerprint density at radius 3 is 1.70 bits per heavy atom. The van der Waals surface area contributed by atoms with E-state index in [0.29, 0.717) is 17.9 Å². The highest BCUT2D eigenvalue weighted by Crippen LogP contribution is 2.04. The minimum absolute atomic E-state index is 0.112. The van der Waals surface area contributed by atoms with E-state index in [1.165, 1.54) is 25.6 Å². The van der Waals surface area contributed by atoms with E-state index in [1.807, 2.05) is 12.5 Å². The molecule has 0 aliphatic heterocycles. The highest BCUT2D eigenvalue weighted by molar-refractivity contribution is 7.98. The fourth-order valence-electron chi connectivity index (χ4n) is 2.42. The number of nitrogens with two attached hydrogens (primary N) is 1. The highest BCUT2D eigenvalue weighted by Gasteiger charge is 2.28. The summed E-state index contributed by atoms with van der Waals surface area (Å²) in [6.07, 6.45) is 4.50. The molecule has 14 heteroatoms. The molecule has 0 spiro atoms. The van der Waals surface area contributed by atoms with Gasteiger partial charge in [0.25, 0.3) is 0 Å². The largest absolute Gasteiger partial charge is 0.480 e. The van der Waals surface area contributed by atoms with Gasteiger partial charge in [-0.05, 0) is 50.7 Å². The first-order valence-corrected chi connectivity index (χ1v) is 13.7. The second-order valence-electron chi connectivity index (χ2n) is 7.27. The molecule has 0 aliphatic carbocycles. The molecule has 0 aliphatic rings. The zero-order valence-electron chi connectivity index (χ0n) is 19.3. The molecule has 0 radical (unpaired) electrons. The van der Waals surface area contributed by atoms with Gasteiger partial charge < -0.3 is 32.1 Å². The number of thiol groups is 1. The van der Waals surface area contributed by atoms with Crippen molar-refractivity contribution >= 4 is 65.8 Å². The molecular weight excluding hydrogens is 490 g/mol. The Kier molecular flexibility index (Phi) is 16.1. The molecule has 4 amide bonds. The molecule has 0 fully saturated rings. The van der Waals surface area contributed by atoms with Crippen LogP contribution in [0.4, 0.5) is 0 Å². The molecule has 0 heterocycles. The van der Waals surface area contributed by atoms with Gasteiger partial charge in [-0.15, -0.1) is 0 Å². The van der Waals surface area contributed by atoms with E-state index < -0.39 is 59.8 Å². The number of thioether (sulfide) groups is 2. The summed E-state index contributed by atoms with van der Waals surface area (Å²) in [6, 6.07) is -4.85. The summed E-state index contributed by atoms with van der Waals surface area (Å²) in [5.74, 6) is -2.42. The maximum atomic E-state index is 12.7. The van der Waals surface area contributed by atoms with Crippen molar-refractivity contribution in [2.75, 3.05) is 29.8 Å². The quantitative estimate of drug-likeness (QED) is 0.122. The molecule has 190 valence electrons. The lowest BCUT2D eigenvalue weighted by Crippen LogP contribution is -2.57. The predicted molar refractivity (Wildman–Crippen MR) is 135 cm³/mol. The van der Waals surface area contributed by atoms with E-state index in [-0.39, 0.29) is 12.2 Å². The number of carbonyl (C=O) groups excluding carboxylic acids is 4. The Labute approximate surface area is 208 Å². The Hall–Kier alpha value is -1.64. The summed E-state index contributed by atoms with van der Waals surface area (Å²) in [6.45, 7) is 2.88. The van der Waals surface area contributed by atoms with Gasteiger partial charge in [-0.3, -0.25) is 19.2 Å². The Morgan fingerprint density at radius 2 is 1.24 bits per heavy atom. The van der Waals surface area contributed by atoms with Gasteiger partial charge in [0, 0.05) is 5.75 Å². The second kappa shape index (κ2) is 16.9. The van der Waals surface area contributed by atoms with Crippen molar-refractivity contribution in [1.82, 2.24) is 21.3 Å². The van der Waals surface area contributed by atoms with Gasteiger partial charge >= 0.3 is 5.97 Å². The predicted octanol–water partition coefficient (Wildman–Crippen LogP) is -1.19. The minimum atomic E-state index is -1.24. The average molecular weight is 526 g/mol. The van der Waals surface area contributed by atoms with Crippen LogP contribution in [0, 0.1) is 0 Å². The van der Waals surface area contributed by atoms with Crippen molar-refractivity contribution in [1.29, 1.82) is 0 Å². The number of nitrogens with one attached hydrogen (secondary N) is 4. The number of aliphatic carboxylic acids is 1. The van der Waals surface area contributed by atoms with E-state index in [0.717, 1.165) is 0 Å². The van der Waals surface area contributed by atoms with Gasteiger partial charge in [-0.1, -0.05) is 0 Å². The van der Waals surface area contributed by atoms with Gasteiger partial charge in [0.15, 0.2) is 0 Å². The van der Waals surface area contributed by atoms with Crippen LogP contribution < -0.4 is 27.0 Å². The first kappa shape index (κ1) is 31.4. The van der Waals surface area contributed by atoms with Gasteiger partial charge in [0.2, 0.25) is 23.6 Å². The smallest absolute Gasteiger partial charge is 0.327 e. The van der Waals surface area contributed by atoms with Crippen LogP contribution in [0.2, 0.25) is 0 Å². The molecule has 0 aromatic carbocycles. The third kappa shape index (κ3) is 12.4. The zero-order valence-corrected chi connectivity index (χ0v) is 21.8. The van der Waals surface area contributed by atoms with E-state index in [4.69, 9.17) is 10.8 Å². The van der Waals surface area contributed by atoms with E-state index in [9.17, 15) is 24.0 Å². The molecule has 0 saturated carbocycles. The summed E-state index contributed by atoms with van der Waals surface area (Å²) in [5.41, 5.74) is 5.81. The van der Waals surface area contributed by atoms with Crippen molar-refractivity contribution in [2.45, 2.75) is 56.9 Å². The molecule has 7 N–H and O–H groups in total. The third-order valence-electron chi connectivity index (χ3n) is 4.51. The minimum Gasteiger partial charge on any atom is -0.480 e. The van der Waals surface area contributed by atoms with Crippen molar-refractivity contribution < 1.29 is 29.1 Å². The van der Waals surface area contributed by atoms with Crippen molar-refractivity contribution in [2.24, 2.45) is 5.73 Å². The van der Waals surface area contributed by atoms with E-state index in [2.05, 4.69) is 33.9 Å². The number of amides is 4. The fourth-order valence-corrected chi connectivity index (χ4v) is 3.63. The van der Waals surface area contributed by atoms with Crippen molar-refractivity contribution in [3.05, 3.63) is 0 Å². The van der Waals surface area contributed by atoms with Gasteiger partial charge in [0.05, 0.1) is 6.04 Å². The van der Waals surface area contributed by atoms with E-state index in [1.54, 1.807) is 11.8 Å². The molecule has 0 unspecified atom stereocenters. The van der Waals surface area contributed by atoms with Gasteiger partial charge in [-0.25, -0.2) is 4.79 Å². The van der Waals surface area contributed by atoms with Crippen LogP contribution in [0.1, 0.15) is 26.7 Å². The first-order valence-electron chi connectivity index (χ1n) is 10.3. The highest BCUT2D eigenvalue weighted by atomic mass is 32.2. The molecule has 11 nitrogen and oxygen atoms in total. The van der Waals surface area contributed by atoms with Crippen LogP contribution in [0.5, 0.6) is 0 Å². The number of hydrogen-bond donors (Lipinski definition) is 7. The van der Waals surface area contributed by atoms with Crippen LogP contribution in [0.25, 0.3) is 0 Å². The monoisotopic (exact) mass is 525 g/mol. The number of rotatable bonds is 16. The van der Waals surface area contributed by atoms with Crippen LogP contribution in [0.15, 0.2) is 0 Å². The third-order valence-corrected chi connectivity index (χ3v) is 6.17. The van der Waals surface area contributed by atoms with Crippen LogP contribution in [0.3, 0.4) is 0 Å². The standard InChI is InChI=1S/C19H35N5O6S3/c1-10(21-17(27)12(20)5-7-32-3)15(25)23-13(6-8-33-4)18(28)22-11(2)16(26)24-14(9-31)19(29)30/h10-14,31H,5-9,20H2,1-4H3,(H,21,27)(H,22,28)(H,23,25)(H,24,26)(H,29,30)/t10-,11-,12-,13-,14-/m0/s1. The molecule has 0 rings (SSSR count). The summed E-state index contributed by atoms with van der Waals surface area (Å²) in [5, 5.41) is 18.9. The molecule has 5 atom stereocenters. The molecule has 0 aromatic heterocycles. The maximum Gasteiger partial charge on any atom is 0.327 e. The number of carboxylic acids is 1. The second-order valence-corrected chi connectivity index (χ2v) is 9.61. The topological polar surface area (TPSA) is 180 Å². The lowest BCUT2D eigenvalue weighted by atomic mass is 10.1. The Morgan fingerprint density at radius 1 is 0.788 bits per heavy atom. The SMILES string of the molecule is CSCC[C@H](NC(=O)[C@H](C)NC(=O)[C@@H](N)CCSC)C(=O)N[C@@H](C)C(=O)N[C@@H](CS)C(=O)O. The lowest BCUT2D eigenvalue weighted by molar-refractivity contribution is -0.141. The fraction of sp³-hybridized carbons (Fsp3) is 0.737. The molecule has 0 bridgehead atoms. The van der Waals surface area contributed by atoms with Gasteiger partial charge in [-0.2, -0.15) is 36.2 Å². The molecule has 0 aromatic rings. The number of hydrogen-bond acceptors (Lipinski definition) is 9. The van der Waals surface area contributed by atoms with E-state index >= 15 is 0 Å². The Bertz CT molecular complexity index is 684. The summed E-state index contributed by atoms with van der Waals surface area (Å²) >= 11 is 6.91. The lowest BCUT2D eigenvalue weighted by Gasteiger charge is -2.24. The van der Waals surface area contributed by atoms with Crippen molar-refractivity contribution in [3.63, 3.8) is 0 Å².